The zero-order valence-electron chi connectivity index (χ0n) is 12.0. The van der Waals surface area contributed by atoms with Gasteiger partial charge in [-0.1, -0.05) is 18.5 Å². The molecule has 1 fully saturated rings. The summed E-state index contributed by atoms with van der Waals surface area (Å²) in [6.45, 7) is 6.35. The lowest BCUT2D eigenvalue weighted by Crippen LogP contribution is -2.39. The molecule has 2 N–H and O–H groups in total. The van der Waals surface area contributed by atoms with Crippen molar-refractivity contribution in [1.82, 2.24) is 10.6 Å². The van der Waals surface area contributed by atoms with Crippen LogP contribution in [0.3, 0.4) is 0 Å². The number of benzene rings is 1. The minimum absolute atomic E-state index is 0.554. The molecule has 1 aliphatic rings. The van der Waals surface area contributed by atoms with Crippen LogP contribution in [0.15, 0.2) is 29.3 Å². The summed E-state index contributed by atoms with van der Waals surface area (Å²) in [6, 6.07) is 7.94. The first-order chi connectivity index (χ1) is 9.69. The second kappa shape index (κ2) is 7.39. The molecule has 0 aliphatic heterocycles. The van der Waals surface area contributed by atoms with Crippen LogP contribution in [0.25, 0.3) is 0 Å². The molecule has 2 atom stereocenters. The van der Waals surface area contributed by atoms with Gasteiger partial charge in [0.25, 0.3) is 0 Å². The SMILES string of the molecule is CCNC(=NCCOc1ccc(Cl)cc1)NC1CC1C. The Hall–Kier alpha value is -1.42. The molecule has 110 valence electrons. The standard InChI is InChI=1S/C15H22ClN3O/c1-3-17-15(19-14-10-11(14)2)18-8-9-20-13-6-4-12(16)5-7-13/h4-7,11,14H,3,8-10H2,1-2H3,(H2,17,18,19). The third-order valence-corrected chi connectivity index (χ3v) is 3.47. The van der Waals surface area contributed by atoms with Crippen LogP contribution in [0.4, 0.5) is 0 Å². The van der Waals surface area contributed by atoms with E-state index in [1.54, 1.807) is 0 Å². The number of hydrogen-bond donors (Lipinski definition) is 2. The van der Waals surface area contributed by atoms with Crippen LogP contribution in [0.5, 0.6) is 5.75 Å². The molecular formula is C15H22ClN3O. The summed E-state index contributed by atoms with van der Waals surface area (Å²) >= 11 is 5.82. The highest BCUT2D eigenvalue weighted by Gasteiger charge is 2.33. The lowest BCUT2D eigenvalue weighted by atomic mass is 10.3. The number of halogens is 1. The Morgan fingerprint density at radius 1 is 1.40 bits per heavy atom. The first-order valence-corrected chi connectivity index (χ1v) is 7.50. The number of nitrogens with zero attached hydrogens (tertiary/aromatic N) is 1. The molecule has 1 saturated carbocycles. The fourth-order valence-electron chi connectivity index (χ4n) is 1.87. The van der Waals surface area contributed by atoms with Gasteiger partial charge in [0.15, 0.2) is 5.96 Å². The van der Waals surface area contributed by atoms with Gasteiger partial charge in [-0.05, 0) is 43.5 Å². The molecule has 2 unspecified atom stereocenters. The topological polar surface area (TPSA) is 45.7 Å². The van der Waals surface area contributed by atoms with E-state index >= 15 is 0 Å². The van der Waals surface area contributed by atoms with Gasteiger partial charge in [-0.3, -0.25) is 0 Å². The molecule has 0 heterocycles. The summed E-state index contributed by atoms with van der Waals surface area (Å²) in [5.41, 5.74) is 0. The van der Waals surface area contributed by atoms with Crippen molar-refractivity contribution >= 4 is 17.6 Å². The molecule has 0 spiro atoms. The zero-order chi connectivity index (χ0) is 14.4. The molecule has 2 rings (SSSR count). The van der Waals surface area contributed by atoms with Crippen LogP contribution >= 0.6 is 11.6 Å². The maximum absolute atomic E-state index is 5.82. The minimum atomic E-state index is 0.554. The van der Waals surface area contributed by atoms with Crippen molar-refractivity contribution in [3.63, 3.8) is 0 Å². The maximum Gasteiger partial charge on any atom is 0.191 e. The molecule has 1 aromatic rings. The average Bonchev–Trinajstić information content (AvgIpc) is 3.12. The van der Waals surface area contributed by atoms with E-state index in [2.05, 4.69) is 29.5 Å². The van der Waals surface area contributed by atoms with E-state index in [9.17, 15) is 0 Å². The van der Waals surface area contributed by atoms with Crippen molar-refractivity contribution in [2.75, 3.05) is 19.7 Å². The van der Waals surface area contributed by atoms with Gasteiger partial charge in [0.05, 0.1) is 6.54 Å². The third-order valence-electron chi connectivity index (χ3n) is 3.22. The van der Waals surface area contributed by atoms with E-state index in [4.69, 9.17) is 16.3 Å². The molecule has 4 nitrogen and oxygen atoms in total. The first kappa shape index (κ1) is 15.0. The van der Waals surface area contributed by atoms with E-state index in [1.165, 1.54) is 6.42 Å². The van der Waals surface area contributed by atoms with Crippen LogP contribution in [0.2, 0.25) is 5.02 Å². The number of aliphatic imine (C=N–C) groups is 1. The van der Waals surface area contributed by atoms with Gasteiger partial charge in [0, 0.05) is 17.6 Å². The molecule has 5 heteroatoms. The van der Waals surface area contributed by atoms with Crippen molar-refractivity contribution in [2.45, 2.75) is 26.3 Å². The summed E-state index contributed by atoms with van der Waals surface area (Å²) in [6.07, 6.45) is 1.23. The first-order valence-electron chi connectivity index (χ1n) is 7.12. The van der Waals surface area contributed by atoms with Crippen LogP contribution in [-0.4, -0.2) is 31.7 Å². The van der Waals surface area contributed by atoms with Gasteiger partial charge in [-0.15, -0.1) is 0 Å². The normalized spacial score (nSPS) is 21.4. The zero-order valence-corrected chi connectivity index (χ0v) is 12.8. The fourth-order valence-corrected chi connectivity index (χ4v) is 2.00. The molecule has 0 bridgehead atoms. The second-order valence-corrected chi connectivity index (χ2v) is 5.46. The summed E-state index contributed by atoms with van der Waals surface area (Å²) < 4.78 is 5.61. The van der Waals surface area contributed by atoms with Crippen LogP contribution in [-0.2, 0) is 0 Å². The van der Waals surface area contributed by atoms with Gasteiger partial charge in [0.2, 0.25) is 0 Å². The van der Waals surface area contributed by atoms with Gasteiger partial charge in [-0.2, -0.15) is 0 Å². The predicted octanol–water partition coefficient (Wildman–Crippen LogP) is 2.68. The Balaban J connectivity index is 1.73. The Morgan fingerprint density at radius 3 is 2.70 bits per heavy atom. The lowest BCUT2D eigenvalue weighted by molar-refractivity contribution is 0.328. The van der Waals surface area contributed by atoms with E-state index in [-0.39, 0.29) is 0 Å². The smallest absolute Gasteiger partial charge is 0.191 e. The van der Waals surface area contributed by atoms with E-state index in [1.807, 2.05) is 24.3 Å². The number of guanidine groups is 1. The van der Waals surface area contributed by atoms with E-state index < -0.39 is 0 Å². The van der Waals surface area contributed by atoms with Crippen LogP contribution in [0, 0.1) is 5.92 Å². The third kappa shape index (κ3) is 4.93. The van der Waals surface area contributed by atoms with Crippen molar-refractivity contribution in [1.29, 1.82) is 0 Å². The number of rotatable bonds is 6. The minimum Gasteiger partial charge on any atom is -0.492 e. The van der Waals surface area contributed by atoms with Gasteiger partial charge >= 0.3 is 0 Å². The molecule has 0 amide bonds. The van der Waals surface area contributed by atoms with Gasteiger partial charge in [0.1, 0.15) is 12.4 Å². The Labute approximate surface area is 125 Å². The highest BCUT2D eigenvalue weighted by molar-refractivity contribution is 6.30. The molecule has 0 aromatic heterocycles. The largest absolute Gasteiger partial charge is 0.492 e. The maximum atomic E-state index is 5.82. The monoisotopic (exact) mass is 295 g/mol. The Morgan fingerprint density at radius 2 is 2.10 bits per heavy atom. The fraction of sp³-hybridized carbons (Fsp3) is 0.533. The Bertz CT molecular complexity index is 447. The van der Waals surface area contributed by atoms with Crippen LogP contribution in [0.1, 0.15) is 20.3 Å². The highest BCUT2D eigenvalue weighted by Crippen LogP contribution is 2.28. The van der Waals surface area contributed by atoms with Crippen molar-refractivity contribution in [3.05, 3.63) is 29.3 Å². The summed E-state index contributed by atoms with van der Waals surface area (Å²) in [5.74, 6) is 2.45. The van der Waals surface area contributed by atoms with Crippen molar-refractivity contribution in [3.8, 4) is 5.75 Å². The van der Waals surface area contributed by atoms with Crippen LogP contribution < -0.4 is 15.4 Å². The van der Waals surface area contributed by atoms with Crippen molar-refractivity contribution < 1.29 is 4.74 Å². The molecule has 0 radical (unpaired) electrons. The van der Waals surface area contributed by atoms with Crippen molar-refractivity contribution in [2.24, 2.45) is 10.9 Å². The Kier molecular flexibility index (Phi) is 5.53. The second-order valence-electron chi connectivity index (χ2n) is 5.03. The van der Waals surface area contributed by atoms with Gasteiger partial charge in [-0.25, -0.2) is 4.99 Å². The molecule has 1 aliphatic carbocycles. The quantitative estimate of drug-likeness (QED) is 0.482. The number of nitrogens with one attached hydrogen (secondary N) is 2. The summed E-state index contributed by atoms with van der Waals surface area (Å²) in [5, 5.41) is 7.38. The van der Waals surface area contributed by atoms with Gasteiger partial charge < -0.3 is 15.4 Å². The molecule has 1 aromatic carbocycles. The average molecular weight is 296 g/mol. The summed E-state index contributed by atoms with van der Waals surface area (Å²) in [7, 11) is 0. The molecule has 20 heavy (non-hydrogen) atoms. The molecule has 0 saturated heterocycles. The number of ether oxygens (including phenoxy) is 1. The predicted molar refractivity (Wildman–Crippen MR) is 83.6 cm³/mol. The highest BCUT2D eigenvalue weighted by atomic mass is 35.5. The van der Waals surface area contributed by atoms with E-state index in [0.29, 0.717) is 24.2 Å². The molecular weight excluding hydrogens is 274 g/mol. The summed E-state index contributed by atoms with van der Waals surface area (Å²) in [4.78, 5) is 4.50. The van der Waals surface area contributed by atoms with E-state index in [0.717, 1.165) is 24.2 Å². The lowest BCUT2D eigenvalue weighted by Gasteiger charge is -2.11. The number of hydrogen-bond acceptors (Lipinski definition) is 2.